The van der Waals surface area contributed by atoms with Crippen molar-refractivity contribution in [1.82, 2.24) is 0 Å². The summed E-state index contributed by atoms with van der Waals surface area (Å²) >= 11 is 0. The van der Waals surface area contributed by atoms with Crippen molar-refractivity contribution in [2.75, 3.05) is 0 Å². The van der Waals surface area contributed by atoms with Crippen LogP contribution < -0.4 is 4.57 Å². The van der Waals surface area contributed by atoms with Crippen molar-refractivity contribution in [1.29, 1.82) is 0 Å². The lowest BCUT2D eigenvalue weighted by atomic mass is 9.98. The molecule has 0 unspecified atom stereocenters. The van der Waals surface area contributed by atoms with E-state index in [1.165, 1.54) is 33.5 Å². The van der Waals surface area contributed by atoms with Gasteiger partial charge in [0.05, 0.1) is 5.56 Å². The highest BCUT2D eigenvalue weighted by Gasteiger charge is 2.25. The Morgan fingerprint density at radius 1 is 0.850 bits per heavy atom. The van der Waals surface area contributed by atoms with Gasteiger partial charge >= 0.3 is 0 Å². The van der Waals surface area contributed by atoms with Crippen LogP contribution in [0.15, 0.2) is 66.9 Å². The molecule has 1 heteroatoms. The number of benzene rings is 2. The average molecular weight is 258 g/mol. The largest absolute Gasteiger partial charge is 0.213 e. The summed E-state index contributed by atoms with van der Waals surface area (Å²) in [5, 5.41) is 0. The Hall–Kier alpha value is -2.41. The zero-order valence-corrected chi connectivity index (χ0v) is 11.5. The maximum Gasteiger partial charge on any atom is 0.213 e. The molecule has 0 spiro atoms. The smallest absolute Gasteiger partial charge is 0.194 e. The Bertz CT molecular complexity index is 785. The standard InChI is InChI=1S/C19H16N/c1-14-5-7-15(8-6-14)16-9-10-17-13-20-11-3-2-4-19(20)18(17)12-16/h2-12H,13H2,1H3/q+1. The van der Waals surface area contributed by atoms with Crippen molar-refractivity contribution in [3.05, 3.63) is 78.0 Å². The van der Waals surface area contributed by atoms with Crippen LogP contribution in [0.25, 0.3) is 22.4 Å². The van der Waals surface area contributed by atoms with E-state index in [0.717, 1.165) is 6.54 Å². The quantitative estimate of drug-likeness (QED) is 0.455. The fraction of sp³-hybridized carbons (Fsp3) is 0.105. The van der Waals surface area contributed by atoms with Crippen LogP contribution in [0.4, 0.5) is 0 Å². The van der Waals surface area contributed by atoms with Crippen LogP contribution in [0.3, 0.4) is 0 Å². The molecule has 0 saturated carbocycles. The molecular formula is C19H16N+. The second-order valence-electron chi connectivity index (χ2n) is 5.45. The van der Waals surface area contributed by atoms with Crippen molar-refractivity contribution in [2.24, 2.45) is 0 Å². The van der Waals surface area contributed by atoms with Crippen molar-refractivity contribution in [2.45, 2.75) is 13.5 Å². The van der Waals surface area contributed by atoms with Gasteiger partial charge in [-0.3, -0.25) is 0 Å². The molecule has 2 heterocycles. The van der Waals surface area contributed by atoms with Gasteiger partial charge in [-0.05, 0) is 30.2 Å². The average Bonchev–Trinajstić information content (AvgIpc) is 2.86. The number of hydrogen-bond acceptors (Lipinski definition) is 0. The van der Waals surface area contributed by atoms with E-state index in [0.29, 0.717) is 0 Å². The molecular weight excluding hydrogens is 242 g/mol. The number of hydrogen-bond donors (Lipinski definition) is 0. The molecule has 0 bridgehead atoms. The van der Waals surface area contributed by atoms with Gasteiger partial charge in [0.2, 0.25) is 5.69 Å². The first-order valence-corrected chi connectivity index (χ1v) is 7.00. The van der Waals surface area contributed by atoms with E-state index >= 15 is 0 Å². The summed E-state index contributed by atoms with van der Waals surface area (Å²) in [5.74, 6) is 0. The summed E-state index contributed by atoms with van der Waals surface area (Å²) in [6.07, 6.45) is 2.15. The molecule has 96 valence electrons. The molecule has 1 nitrogen and oxygen atoms in total. The van der Waals surface area contributed by atoms with Crippen molar-refractivity contribution >= 4 is 0 Å². The van der Waals surface area contributed by atoms with E-state index in [4.69, 9.17) is 0 Å². The van der Waals surface area contributed by atoms with Crippen LogP contribution >= 0.6 is 0 Å². The molecule has 1 aliphatic rings. The van der Waals surface area contributed by atoms with Crippen molar-refractivity contribution in [3.8, 4) is 22.4 Å². The second kappa shape index (κ2) is 4.31. The van der Waals surface area contributed by atoms with Gasteiger partial charge in [-0.1, -0.05) is 42.0 Å². The Morgan fingerprint density at radius 3 is 2.50 bits per heavy atom. The number of rotatable bonds is 1. The summed E-state index contributed by atoms with van der Waals surface area (Å²) in [7, 11) is 0. The molecule has 4 rings (SSSR count). The summed E-state index contributed by atoms with van der Waals surface area (Å²) in [5.41, 5.74) is 7.97. The highest BCUT2D eigenvalue weighted by molar-refractivity contribution is 5.73. The van der Waals surface area contributed by atoms with Gasteiger partial charge in [-0.25, -0.2) is 0 Å². The van der Waals surface area contributed by atoms with Gasteiger partial charge in [0, 0.05) is 17.7 Å². The molecule has 20 heavy (non-hydrogen) atoms. The monoisotopic (exact) mass is 258 g/mol. The van der Waals surface area contributed by atoms with Crippen LogP contribution in [-0.4, -0.2) is 0 Å². The Labute approximate surface area is 119 Å². The lowest BCUT2D eigenvalue weighted by Gasteiger charge is -2.04. The summed E-state index contributed by atoms with van der Waals surface area (Å²) in [6.45, 7) is 3.11. The SMILES string of the molecule is Cc1ccc(-c2ccc3c(c2)-c2cccc[n+]2C3)cc1. The van der Waals surface area contributed by atoms with Gasteiger partial charge in [0.1, 0.15) is 0 Å². The van der Waals surface area contributed by atoms with Crippen molar-refractivity contribution in [3.63, 3.8) is 0 Å². The van der Waals surface area contributed by atoms with Crippen LogP contribution in [0.1, 0.15) is 11.1 Å². The topological polar surface area (TPSA) is 3.88 Å². The third-order valence-corrected chi connectivity index (χ3v) is 4.05. The van der Waals surface area contributed by atoms with E-state index in [1.807, 2.05) is 0 Å². The first kappa shape index (κ1) is 11.4. The van der Waals surface area contributed by atoms with E-state index in [2.05, 4.69) is 78.4 Å². The molecule has 0 radical (unpaired) electrons. The summed E-state index contributed by atoms with van der Waals surface area (Å²) in [6, 6.07) is 22.0. The third-order valence-electron chi connectivity index (χ3n) is 4.05. The van der Waals surface area contributed by atoms with E-state index in [1.54, 1.807) is 0 Å². The molecule has 0 N–H and O–H groups in total. The minimum absolute atomic E-state index is 0.986. The fourth-order valence-electron chi connectivity index (χ4n) is 2.92. The zero-order valence-electron chi connectivity index (χ0n) is 11.5. The van der Waals surface area contributed by atoms with Crippen molar-refractivity contribution < 1.29 is 4.57 Å². The number of nitrogens with zero attached hydrogens (tertiary/aromatic N) is 1. The highest BCUT2D eigenvalue weighted by atomic mass is 15.0. The van der Waals surface area contributed by atoms with Crippen LogP contribution in [0.2, 0.25) is 0 Å². The Balaban J connectivity index is 1.85. The summed E-state index contributed by atoms with van der Waals surface area (Å²) < 4.78 is 2.31. The van der Waals surface area contributed by atoms with Gasteiger partial charge in [-0.2, -0.15) is 4.57 Å². The number of aryl methyl sites for hydroxylation is 1. The molecule has 0 saturated heterocycles. The molecule has 3 aromatic rings. The van der Waals surface area contributed by atoms with Gasteiger partial charge in [0.15, 0.2) is 12.7 Å². The first-order valence-electron chi connectivity index (χ1n) is 7.00. The Kier molecular flexibility index (Phi) is 2.46. The van der Waals surface area contributed by atoms with Crippen LogP contribution in [-0.2, 0) is 6.54 Å². The molecule has 2 aromatic carbocycles. The normalized spacial score (nSPS) is 12.1. The molecule has 1 aliphatic heterocycles. The zero-order chi connectivity index (χ0) is 13.5. The minimum Gasteiger partial charge on any atom is -0.194 e. The maximum atomic E-state index is 2.32. The highest BCUT2D eigenvalue weighted by Crippen LogP contribution is 2.31. The number of fused-ring (bicyclic) bond motifs is 3. The molecule has 0 atom stereocenters. The Morgan fingerprint density at radius 2 is 1.65 bits per heavy atom. The lowest BCUT2D eigenvalue weighted by Crippen LogP contribution is -2.31. The minimum atomic E-state index is 0.986. The molecule has 0 fully saturated rings. The molecule has 1 aromatic heterocycles. The molecule has 0 aliphatic carbocycles. The van der Waals surface area contributed by atoms with Crippen LogP contribution in [0, 0.1) is 6.92 Å². The maximum absolute atomic E-state index is 2.32. The van der Waals surface area contributed by atoms with Crippen LogP contribution in [0.5, 0.6) is 0 Å². The number of aromatic nitrogens is 1. The van der Waals surface area contributed by atoms with Gasteiger partial charge in [0.25, 0.3) is 0 Å². The predicted molar refractivity (Wildman–Crippen MR) is 81.3 cm³/mol. The van der Waals surface area contributed by atoms with Gasteiger partial charge < -0.3 is 0 Å². The fourth-order valence-corrected chi connectivity index (χ4v) is 2.92. The second-order valence-corrected chi connectivity index (χ2v) is 5.45. The lowest BCUT2D eigenvalue weighted by molar-refractivity contribution is -0.672. The first-order chi connectivity index (χ1) is 9.81. The third kappa shape index (κ3) is 1.75. The summed E-state index contributed by atoms with van der Waals surface area (Å²) in [4.78, 5) is 0. The molecule has 0 amide bonds. The van der Waals surface area contributed by atoms with E-state index < -0.39 is 0 Å². The van der Waals surface area contributed by atoms with E-state index in [-0.39, 0.29) is 0 Å². The number of pyridine rings is 1. The predicted octanol–water partition coefficient (Wildman–Crippen LogP) is 3.98. The van der Waals surface area contributed by atoms with Gasteiger partial charge in [-0.15, -0.1) is 0 Å². The van der Waals surface area contributed by atoms with E-state index in [9.17, 15) is 0 Å².